The molecule has 0 heterocycles. The highest BCUT2D eigenvalue weighted by Crippen LogP contribution is 2.10. The van der Waals surface area contributed by atoms with Crippen molar-refractivity contribution >= 4 is 23.7 Å². The molecule has 0 aliphatic heterocycles. The second-order valence-electron chi connectivity index (χ2n) is 4.99. The van der Waals surface area contributed by atoms with E-state index in [4.69, 9.17) is 5.73 Å². The van der Waals surface area contributed by atoms with Crippen LogP contribution >= 0.6 is 0 Å². The highest BCUT2D eigenvalue weighted by molar-refractivity contribution is 5.99. The highest BCUT2D eigenvalue weighted by Gasteiger charge is 2.28. The predicted molar refractivity (Wildman–Crippen MR) is 81.1 cm³/mol. The molecule has 2 atom stereocenters. The van der Waals surface area contributed by atoms with Crippen LogP contribution in [0.5, 0.6) is 0 Å². The van der Waals surface area contributed by atoms with Crippen molar-refractivity contribution in [2.75, 3.05) is 6.54 Å². The number of carboxylic acid groups (broad SMARTS) is 1. The van der Waals surface area contributed by atoms with Gasteiger partial charge in [0.25, 0.3) is 0 Å². The molecule has 23 heavy (non-hydrogen) atoms. The SMILES string of the molecule is CC(NC(=O)C(Cc1ccccc1)C(=O)O)C(=O)NCC(N)=O. The summed E-state index contributed by atoms with van der Waals surface area (Å²) in [6, 6.07) is 7.71. The van der Waals surface area contributed by atoms with Crippen molar-refractivity contribution in [3.05, 3.63) is 35.9 Å². The number of primary amides is 1. The second kappa shape index (κ2) is 8.52. The maximum atomic E-state index is 12.1. The Hall–Kier alpha value is -2.90. The first kappa shape index (κ1) is 18.1. The lowest BCUT2D eigenvalue weighted by molar-refractivity contribution is -0.147. The molecule has 5 N–H and O–H groups in total. The monoisotopic (exact) mass is 321 g/mol. The van der Waals surface area contributed by atoms with Crippen LogP contribution in [0.3, 0.4) is 0 Å². The average Bonchev–Trinajstić information content (AvgIpc) is 2.50. The van der Waals surface area contributed by atoms with Crippen molar-refractivity contribution in [1.29, 1.82) is 0 Å². The number of aliphatic carboxylic acids is 1. The minimum atomic E-state index is -1.32. The number of carbonyl (C=O) groups excluding carboxylic acids is 3. The standard InChI is InChI=1S/C15H19N3O5/c1-9(13(20)17-8-12(16)19)18-14(21)11(15(22)23)7-10-5-3-2-4-6-10/h2-6,9,11H,7-8H2,1H3,(H2,16,19)(H,17,20)(H,18,21)(H,22,23). The largest absolute Gasteiger partial charge is 0.481 e. The van der Waals surface area contributed by atoms with Gasteiger partial charge < -0.3 is 21.5 Å². The lowest BCUT2D eigenvalue weighted by Gasteiger charge is -2.17. The molecule has 1 aromatic carbocycles. The van der Waals surface area contributed by atoms with E-state index in [1.807, 2.05) is 0 Å². The molecule has 0 aliphatic carbocycles. The Balaban J connectivity index is 2.65. The number of carboxylic acids is 1. The van der Waals surface area contributed by atoms with Gasteiger partial charge in [0.2, 0.25) is 17.7 Å². The van der Waals surface area contributed by atoms with Crippen LogP contribution in [0.1, 0.15) is 12.5 Å². The Bertz CT molecular complexity index is 588. The van der Waals surface area contributed by atoms with E-state index < -0.39 is 35.7 Å². The minimum absolute atomic E-state index is 0.0115. The van der Waals surface area contributed by atoms with Gasteiger partial charge in [-0.3, -0.25) is 19.2 Å². The number of hydrogen-bond donors (Lipinski definition) is 4. The molecule has 8 nitrogen and oxygen atoms in total. The maximum Gasteiger partial charge on any atom is 0.316 e. The summed E-state index contributed by atoms with van der Waals surface area (Å²) in [6.45, 7) is 1.03. The summed E-state index contributed by atoms with van der Waals surface area (Å²) in [6.07, 6.45) is 0.0115. The lowest BCUT2D eigenvalue weighted by Crippen LogP contribution is -2.49. The van der Waals surface area contributed by atoms with Gasteiger partial charge in [0, 0.05) is 0 Å². The van der Waals surface area contributed by atoms with E-state index in [0.29, 0.717) is 5.56 Å². The van der Waals surface area contributed by atoms with E-state index in [9.17, 15) is 24.3 Å². The summed E-state index contributed by atoms with van der Waals surface area (Å²) >= 11 is 0. The molecule has 0 aromatic heterocycles. The lowest BCUT2D eigenvalue weighted by atomic mass is 9.98. The Kier molecular flexibility index (Phi) is 6.72. The first-order valence-electron chi connectivity index (χ1n) is 6.94. The highest BCUT2D eigenvalue weighted by atomic mass is 16.4. The number of nitrogens with one attached hydrogen (secondary N) is 2. The fraction of sp³-hybridized carbons (Fsp3) is 0.333. The van der Waals surface area contributed by atoms with Gasteiger partial charge >= 0.3 is 5.97 Å². The molecule has 0 spiro atoms. The Morgan fingerprint density at radius 1 is 1.13 bits per heavy atom. The van der Waals surface area contributed by atoms with Gasteiger partial charge in [-0.2, -0.15) is 0 Å². The zero-order chi connectivity index (χ0) is 17.4. The summed E-state index contributed by atoms with van der Waals surface area (Å²) < 4.78 is 0. The third-order valence-corrected chi connectivity index (χ3v) is 3.09. The Morgan fingerprint density at radius 3 is 2.26 bits per heavy atom. The summed E-state index contributed by atoms with van der Waals surface area (Å²) in [5.74, 6) is -4.71. The topological polar surface area (TPSA) is 139 Å². The van der Waals surface area contributed by atoms with E-state index >= 15 is 0 Å². The first-order valence-corrected chi connectivity index (χ1v) is 6.94. The molecule has 0 bridgehead atoms. The summed E-state index contributed by atoms with van der Waals surface area (Å²) in [4.78, 5) is 45.6. The normalized spacial score (nSPS) is 12.7. The quantitative estimate of drug-likeness (QED) is 0.457. The molecule has 0 fully saturated rings. The van der Waals surface area contributed by atoms with Crippen molar-refractivity contribution in [2.24, 2.45) is 11.7 Å². The number of carbonyl (C=O) groups is 4. The fourth-order valence-electron chi connectivity index (χ4n) is 1.85. The van der Waals surface area contributed by atoms with Crippen molar-refractivity contribution in [1.82, 2.24) is 10.6 Å². The molecule has 124 valence electrons. The number of hydrogen-bond acceptors (Lipinski definition) is 4. The fourth-order valence-corrected chi connectivity index (χ4v) is 1.85. The number of amides is 3. The van der Waals surface area contributed by atoms with Gasteiger partial charge in [0.1, 0.15) is 12.0 Å². The molecule has 1 rings (SSSR count). The molecule has 0 saturated carbocycles. The summed E-state index contributed by atoms with van der Waals surface area (Å²) in [7, 11) is 0. The third-order valence-electron chi connectivity index (χ3n) is 3.09. The number of rotatable bonds is 8. The maximum absolute atomic E-state index is 12.1. The molecule has 2 unspecified atom stereocenters. The van der Waals surface area contributed by atoms with Crippen LogP contribution in [-0.4, -0.2) is 41.4 Å². The first-order chi connectivity index (χ1) is 10.8. The molecule has 0 aliphatic rings. The third kappa shape index (κ3) is 6.16. The predicted octanol–water partition coefficient (Wildman–Crippen LogP) is -0.964. The van der Waals surface area contributed by atoms with Gasteiger partial charge in [-0.25, -0.2) is 0 Å². The zero-order valence-electron chi connectivity index (χ0n) is 12.6. The van der Waals surface area contributed by atoms with Crippen molar-refractivity contribution in [3.8, 4) is 0 Å². The van der Waals surface area contributed by atoms with Gasteiger partial charge in [-0.05, 0) is 18.9 Å². The van der Waals surface area contributed by atoms with Crippen molar-refractivity contribution in [3.63, 3.8) is 0 Å². The van der Waals surface area contributed by atoms with Crippen LogP contribution in [0.25, 0.3) is 0 Å². The second-order valence-corrected chi connectivity index (χ2v) is 4.99. The van der Waals surface area contributed by atoms with Gasteiger partial charge in [-0.1, -0.05) is 30.3 Å². The van der Waals surface area contributed by atoms with Crippen LogP contribution < -0.4 is 16.4 Å². The summed E-state index contributed by atoms with van der Waals surface area (Å²) in [5.41, 5.74) is 5.59. The van der Waals surface area contributed by atoms with Crippen LogP contribution in [0, 0.1) is 5.92 Å². The van der Waals surface area contributed by atoms with E-state index in [0.717, 1.165) is 0 Å². The number of benzene rings is 1. The molecular formula is C15H19N3O5. The van der Waals surface area contributed by atoms with Gasteiger partial charge in [0.05, 0.1) is 6.54 Å². The molecule has 3 amide bonds. The van der Waals surface area contributed by atoms with E-state index in [-0.39, 0.29) is 13.0 Å². The Labute approximate surface area is 133 Å². The molecule has 0 radical (unpaired) electrons. The molecule has 8 heteroatoms. The van der Waals surface area contributed by atoms with Crippen molar-refractivity contribution in [2.45, 2.75) is 19.4 Å². The molecule has 1 aromatic rings. The van der Waals surface area contributed by atoms with E-state index in [1.54, 1.807) is 30.3 Å². The van der Waals surface area contributed by atoms with Gasteiger partial charge in [-0.15, -0.1) is 0 Å². The smallest absolute Gasteiger partial charge is 0.316 e. The number of nitrogens with two attached hydrogens (primary N) is 1. The minimum Gasteiger partial charge on any atom is -0.481 e. The van der Waals surface area contributed by atoms with Gasteiger partial charge in [0.15, 0.2) is 0 Å². The zero-order valence-corrected chi connectivity index (χ0v) is 12.6. The van der Waals surface area contributed by atoms with Crippen LogP contribution in [0.2, 0.25) is 0 Å². The molecule has 0 saturated heterocycles. The van der Waals surface area contributed by atoms with Crippen LogP contribution in [-0.2, 0) is 25.6 Å². The van der Waals surface area contributed by atoms with E-state index in [2.05, 4.69) is 10.6 Å². The van der Waals surface area contributed by atoms with E-state index in [1.165, 1.54) is 6.92 Å². The Morgan fingerprint density at radius 2 is 1.74 bits per heavy atom. The average molecular weight is 321 g/mol. The van der Waals surface area contributed by atoms with Crippen LogP contribution in [0.15, 0.2) is 30.3 Å². The van der Waals surface area contributed by atoms with Crippen LogP contribution in [0.4, 0.5) is 0 Å². The van der Waals surface area contributed by atoms with Crippen molar-refractivity contribution < 1.29 is 24.3 Å². The summed E-state index contributed by atoms with van der Waals surface area (Å²) in [5, 5.41) is 13.8. The molecular weight excluding hydrogens is 302 g/mol.